The van der Waals surface area contributed by atoms with Crippen molar-refractivity contribution in [3.05, 3.63) is 39.8 Å². The molecule has 0 fully saturated rings. The minimum absolute atomic E-state index is 0.929. The molecule has 0 saturated carbocycles. The lowest BCUT2D eigenvalue weighted by Gasteiger charge is -2.00. The largest absolute Gasteiger partial charge is 0.313 e. The Hall–Kier alpha value is -1.13. The fourth-order valence-electron chi connectivity index (χ4n) is 1.93. The molecule has 2 rings (SSSR count). The van der Waals surface area contributed by atoms with Crippen LogP contribution in [0.4, 0.5) is 0 Å². The van der Waals surface area contributed by atoms with Crippen molar-refractivity contribution in [3.63, 3.8) is 0 Å². The van der Waals surface area contributed by atoms with Gasteiger partial charge in [-0.3, -0.25) is 4.68 Å². The molecule has 0 saturated heterocycles. The van der Waals surface area contributed by atoms with Crippen LogP contribution in [0.25, 0.3) is 0 Å². The monoisotopic (exact) mass is 263 g/mol. The van der Waals surface area contributed by atoms with E-state index in [0.29, 0.717) is 0 Å². The fraction of sp³-hybridized carbons (Fsp3) is 0.500. The first-order valence-electron chi connectivity index (χ1n) is 6.55. The van der Waals surface area contributed by atoms with Crippen molar-refractivity contribution in [2.24, 2.45) is 0 Å². The van der Waals surface area contributed by atoms with Gasteiger partial charge in [0.15, 0.2) is 0 Å². The Balaban J connectivity index is 1.87. The highest BCUT2D eigenvalue weighted by atomic mass is 32.1. The summed E-state index contributed by atoms with van der Waals surface area (Å²) in [4.78, 5) is 1.42. The van der Waals surface area contributed by atoms with E-state index in [1.54, 1.807) is 0 Å². The molecule has 0 unspecified atom stereocenters. The van der Waals surface area contributed by atoms with Crippen molar-refractivity contribution in [1.29, 1.82) is 0 Å². The van der Waals surface area contributed by atoms with E-state index in [1.165, 1.54) is 16.9 Å². The van der Waals surface area contributed by atoms with Gasteiger partial charge in [0.25, 0.3) is 0 Å². The van der Waals surface area contributed by atoms with Gasteiger partial charge in [-0.05, 0) is 31.3 Å². The molecule has 4 heteroatoms. The maximum atomic E-state index is 4.57. The maximum Gasteiger partial charge on any atom is 0.0638 e. The lowest BCUT2D eigenvalue weighted by molar-refractivity contribution is 0.612. The van der Waals surface area contributed by atoms with Crippen LogP contribution < -0.4 is 5.32 Å². The quantitative estimate of drug-likeness (QED) is 0.778. The van der Waals surface area contributed by atoms with Gasteiger partial charge in [-0.15, -0.1) is 11.3 Å². The second-order valence-electron chi connectivity index (χ2n) is 4.51. The number of nitrogens with one attached hydrogen (secondary N) is 1. The summed E-state index contributed by atoms with van der Waals surface area (Å²) in [6.07, 6.45) is 4.41. The maximum absolute atomic E-state index is 4.57. The molecule has 0 aliphatic carbocycles. The van der Waals surface area contributed by atoms with Gasteiger partial charge >= 0.3 is 0 Å². The van der Waals surface area contributed by atoms with Crippen molar-refractivity contribution in [3.8, 4) is 0 Å². The summed E-state index contributed by atoms with van der Waals surface area (Å²) >= 11 is 1.82. The fourth-order valence-corrected chi connectivity index (χ4v) is 2.62. The number of nitrogens with zero attached hydrogens (tertiary/aromatic N) is 2. The minimum atomic E-state index is 0.929. The van der Waals surface area contributed by atoms with Crippen LogP contribution in [0.15, 0.2) is 23.7 Å². The molecule has 0 aliphatic rings. The van der Waals surface area contributed by atoms with Gasteiger partial charge in [-0.1, -0.05) is 13.0 Å². The first kappa shape index (κ1) is 13.3. The Labute approximate surface area is 113 Å². The Bertz CT molecular complexity index is 459. The van der Waals surface area contributed by atoms with Crippen LogP contribution in [0.5, 0.6) is 0 Å². The Morgan fingerprint density at radius 3 is 3.06 bits per heavy atom. The Morgan fingerprint density at radius 2 is 2.33 bits per heavy atom. The molecule has 0 aromatic carbocycles. The standard InChI is InChI=1S/C14H21N3S/c1-3-7-15-10-13-11-17(16-12(13)2)8-6-14-5-4-9-18-14/h4-5,9,11,15H,3,6-8,10H2,1-2H3. The topological polar surface area (TPSA) is 29.9 Å². The SMILES string of the molecule is CCCNCc1cn(CCc2cccs2)nc1C. The first-order chi connectivity index (χ1) is 8.79. The van der Waals surface area contributed by atoms with Crippen LogP contribution in [-0.4, -0.2) is 16.3 Å². The van der Waals surface area contributed by atoms with E-state index in [4.69, 9.17) is 0 Å². The van der Waals surface area contributed by atoms with Crippen LogP contribution in [0.3, 0.4) is 0 Å². The van der Waals surface area contributed by atoms with E-state index in [2.05, 4.69) is 52.7 Å². The van der Waals surface area contributed by atoms with Crippen molar-refractivity contribution < 1.29 is 0 Å². The Kier molecular flexibility index (Phi) is 4.96. The molecule has 18 heavy (non-hydrogen) atoms. The molecule has 2 aromatic rings. The average Bonchev–Trinajstić information content (AvgIpc) is 2.97. The lowest BCUT2D eigenvalue weighted by atomic mass is 10.2. The van der Waals surface area contributed by atoms with Gasteiger partial charge in [-0.2, -0.15) is 5.10 Å². The molecule has 0 atom stereocenters. The number of hydrogen-bond acceptors (Lipinski definition) is 3. The third-order valence-corrected chi connectivity index (χ3v) is 3.89. The predicted molar refractivity (Wildman–Crippen MR) is 77.0 cm³/mol. The summed E-state index contributed by atoms with van der Waals surface area (Å²) in [5.74, 6) is 0. The van der Waals surface area contributed by atoms with Crippen molar-refractivity contribution in [2.75, 3.05) is 6.54 Å². The zero-order valence-corrected chi connectivity index (χ0v) is 12.0. The second-order valence-corrected chi connectivity index (χ2v) is 5.54. The number of rotatable bonds is 7. The molecule has 3 nitrogen and oxygen atoms in total. The van der Waals surface area contributed by atoms with Gasteiger partial charge in [0.2, 0.25) is 0 Å². The van der Waals surface area contributed by atoms with E-state index in [9.17, 15) is 0 Å². The second kappa shape index (κ2) is 6.71. The van der Waals surface area contributed by atoms with Crippen LogP contribution in [0.1, 0.15) is 29.5 Å². The van der Waals surface area contributed by atoms with E-state index in [1.807, 2.05) is 11.3 Å². The van der Waals surface area contributed by atoms with E-state index in [-0.39, 0.29) is 0 Å². The number of hydrogen-bond donors (Lipinski definition) is 1. The summed E-state index contributed by atoms with van der Waals surface area (Å²) in [7, 11) is 0. The summed E-state index contributed by atoms with van der Waals surface area (Å²) in [6.45, 7) is 7.24. The average molecular weight is 263 g/mol. The lowest BCUT2D eigenvalue weighted by Crippen LogP contribution is -2.13. The summed E-state index contributed by atoms with van der Waals surface area (Å²) in [6, 6.07) is 4.29. The number of thiophene rings is 1. The number of aryl methyl sites for hydroxylation is 3. The van der Waals surface area contributed by atoms with Crippen molar-refractivity contribution >= 4 is 11.3 Å². The van der Waals surface area contributed by atoms with Crippen molar-refractivity contribution in [2.45, 2.75) is 39.8 Å². The zero-order valence-electron chi connectivity index (χ0n) is 11.1. The van der Waals surface area contributed by atoms with E-state index < -0.39 is 0 Å². The summed E-state index contributed by atoms with van der Waals surface area (Å²) < 4.78 is 2.07. The molecular formula is C14H21N3S. The first-order valence-corrected chi connectivity index (χ1v) is 7.43. The summed E-state index contributed by atoms with van der Waals surface area (Å²) in [5, 5.41) is 10.1. The van der Waals surface area contributed by atoms with Crippen LogP contribution in [-0.2, 0) is 19.5 Å². The highest BCUT2D eigenvalue weighted by molar-refractivity contribution is 7.09. The third kappa shape index (κ3) is 3.68. The molecule has 1 N–H and O–H groups in total. The van der Waals surface area contributed by atoms with Crippen LogP contribution >= 0.6 is 11.3 Å². The number of aromatic nitrogens is 2. The molecule has 0 spiro atoms. The molecular weight excluding hydrogens is 242 g/mol. The smallest absolute Gasteiger partial charge is 0.0638 e. The highest BCUT2D eigenvalue weighted by Crippen LogP contribution is 2.11. The highest BCUT2D eigenvalue weighted by Gasteiger charge is 2.04. The molecule has 98 valence electrons. The van der Waals surface area contributed by atoms with Gasteiger partial charge in [0.05, 0.1) is 5.69 Å². The molecule has 2 heterocycles. The van der Waals surface area contributed by atoms with Crippen molar-refractivity contribution in [1.82, 2.24) is 15.1 Å². The van der Waals surface area contributed by atoms with Crippen LogP contribution in [0, 0.1) is 6.92 Å². The van der Waals surface area contributed by atoms with E-state index >= 15 is 0 Å². The predicted octanol–water partition coefficient (Wildman–Crippen LogP) is 3.00. The molecule has 2 aromatic heterocycles. The van der Waals surface area contributed by atoms with Gasteiger partial charge in [0, 0.05) is 36.1 Å². The molecule has 0 amide bonds. The van der Waals surface area contributed by atoms with Gasteiger partial charge in [-0.25, -0.2) is 0 Å². The molecule has 0 radical (unpaired) electrons. The zero-order chi connectivity index (χ0) is 12.8. The van der Waals surface area contributed by atoms with Crippen LogP contribution in [0.2, 0.25) is 0 Å². The molecule has 0 aliphatic heterocycles. The normalized spacial score (nSPS) is 11.0. The van der Waals surface area contributed by atoms with E-state index in [0.717, 1.165) is 31.7 Å². The van der Waals surface area contributed by atoms with Gasteiger partial charge in [0.1, 0.15) is 0 Å². The van der Waals surface area contributed by atoms with Gasteiger partial charge < -0.3 is 5.32 Å². The Morgan fingerprint density at radius 1 is 1.44 bits per heavy atom. The third-order valence-electron chi connectivity index (χ3n) is 2.96. The minimum Gasteiger partial charge on any atom is -0.313 e. The summed E-state index contributed by atoms with van der Waals surface area (Å²) in [5.41, 5.74) is 2.46. The molecule has 0 bridgehead atoms.